The molecule has 1 unspecified atom stereocenters. The fourth-order valence-electron chi connectivity index (χ4n) is 2.37. The molecule has 0 saturated heterocycles. The van der Waals surface area contributed by atoms with Crippen LogP contribution in [0.4, 0.5) is 5.69 Å². The Labute approximate surface area is 131 Å². The zero-order valence-corrected chi connectivity index (χ0v) is 12.6. The lowest BCUT2D eigenvalue weighted by atomic mass is 10.1. The molecule has 1 aromatic carbocycles. The number of nitrogens with one attached hydrogen (secondary N) is 2. The Kier molecular flexibility index (Phi) is 4.06. The molecular weight excluding hydrogens is 304 g/mol. The smallest absolute Gasteiger partial charge is 0.326 e. The van der Waals surface area contributed by atoms with Gasteiger partial charge in [0, 0.05) is 10.5 Å². The van der Waals surface area contributed by atoms with E-state index in [1.54, 1.807) is 18.2 Å². The number of fused-ring (bicyclic) bond motifs is 1. The van der Waals surface area contributed by atoms with E-state index < -0.39 is 17.9 Å². The first kappa shape index (κ1) is 14.9. The third-order valence-corrected chi connectivity index (χ3v) is 4.82. The van der Waals surface area contributed by atoms with E-state index >= 15 is 0 Å². The third-order valence-electron chi connectivity index (χ3n) is 3.74. The van der Waals surface area contributed by atoms with Crippen LogP contribution in [0.25, 0.3) is 0 Å². The molecule has 3 rings (SSSR count). The number of hydrogen-bond acceptors (Lipinski definition) is 4. The van der Waals surface area contributed by atoms with Crippen LogP contribution in [0.2, 0.25) is 0 Å². The Morgan fingerprint density at radius 1 is 1.41 bits per heavy atom. The summed E-state index contributed by atoms with van der Waals surface area (Å²) in [6.45, 7) is 0. The molecule has 1 atom stereocenters. The van der Waals surface area contributed by atoms with E-state index in [-0.39, 0.29) is 5.91 Å². The zero-order chi connectivity index (χ0) is 15.7. The van der Waals surface area contributed by atoms with Crippen LogP contribution in [-0.2, 0) is 9.59 Å². The topological polar surface area (TPSA) is 95.5 Å². The molecule has 1 heterocycles. The van der Waals surface area contributed by atoms with Crippen LogP contribution in [0.3, 0.4) is 0 Å². The van der Waals surface area contributed by atoms with E-state index in [0.717, 1.165) is 17.7 Å². The second kappa shape index (κ2) is 6.00. The predicted molar refractivity (Wildman–Crippen MR) is 82.0 cm³/mol. The maximum Gasteiger partial charge on any atom is 0.326 e. The molecular formula is C15H16N2O4S. The van der Waals surface area contributed by atoms with Gasteiger partial charge in [0.05, 0.1) is 11.4 Å². The van der Waals surface area contributed by atoms with Crippen LogP contribution in [-0.4, -0.2) is 34.7 Å². The number of carbonyl (C=O) groups excluding carboxylic acids is 2. The molecule has 7 heteroatoms. The predicted octanol–water partition coefficient (Wildman–Crippen LogP) is 1.71. The summed E-state index contributed by atoms with van der Waals surface area (Å²) in [6, 6.07) is 4.14. The summed E-state index contributed by atoms with van der Waals surface area (Å²) < 4.78 is 0. The van der Waals surface area contributed by atoms with E-state index in [1.807, 2.05) is 0 Å². The molecule has 3 N–H and O–H groups in total. The van der Waals surface area contributed by atoms with Crippen molar-refractivity contribution in [3.63, 3.8) is 0 Å². The van der Waals surface area contributed by atoms with Gasteiger partial charge in [-0.15, -0.1) is 11.8 Å². The normalized spacial score (nSPS) is 18.1. The molecule has 2 aliphatic rings. The lowest BCUT2D eigenvalue weighted by Crippen LogP contribution is -2.41. The average Bonchev–Trinajstić information content (AvgIpc) is 3.29. The molecule has 116 valence electrons. The fraction of sp³-hybridized carbons (Fsp3) is 0.400. The number of aliphatic carboxylic acids is 1. The number of carboxylic acids is 1. The van der Waals surface area contributed by atoms with Crippen LogP contribution in [0.1, 0.15) is 29.6 Å². The molecule has 0 aromatic heterocycles. The lowest BCUT2D eigenvalue weighted by molar-refractivity contribution is -0.139. The Morgan fingerprint density at radius 2 is 2.18 bits per heavy atom. The summed E-state index contributed by atoms with van der Waals surface area (Å²) in [5.74, 6) is -0.781. The van der Waals surface area contributed by atoms with Gasteiger partial charge in [-0.25, -0.2) is 4.79 Å². The third kappa shape index (κ3) is 3.41. The molecule has 1 aromatic rings. The molecule has 0 spiro atoms. The quantitative estimate of drug-likeness (QED) is 0.767. The number of benzene rings is 1. The number of anilines is 1. The van der Waals surface area contributed by atoms with Gasteiger partial charge < -0.3 is 15.7 Å². The van der Waals surface area contributed by atoms with Gasteiger partial charge >= 0.3 is 5.97 Å². The lowest BCUT2D eigenvalue weighted by Gasteiger charge is -2.18. The van der Waals surface area contributed by atoms with Gasteiger partial charge in [-0.2, -0.15) is 0 Å². The van der Waals surface area contributed by atoms with Crippen LogP contribution in [0.15, 0.2) is 23.1 Å². The van der Waals surface area contributed by atoms with Crippen LogP contribution >= 0.6 is 11.8 Å². The maximum absolute atomic E-state index is 12.2. The highest BCUT2D eigenvalue weighted by Crippen LogP contribution is 2.34. The first-order valence-electron chi connectivity index (χ1n) is 7.13. The second-order valence-corrected chi connectivity index (χ2v) is 6.61. The minimum Gasteiger partial charge on any atom is -0.480 e. The summed E-state index contributed by atoms with van der Waals surface area (Å²) in [5.41, 5.74) is 0.951. The number of carbonyl (C=O) groups is 3. The molecule has 1 fully saturated rings. The molecule has 0 radical (unpaired) electrons. The summed E-state index contributed by atoms with van der Waals surface area (Å²) >= 11 is 1.41. The molecule has 0 bridgehead atoms. The number of hydrogen-bond donors (Lipinski definition) is 3. The summed E-state index contributed by atoms with van der Waals surface area (Å²) in [4.78, 5) is 35.8. The van der Waals surface area contributed by atoms with Gasteiger partial charge in [0.15, 0.2) is 0 Å². The van der Waals surface area contributed by atoms with Crippen LogP contribution in [0.5, 0.6) is 0 Å². The summed E-state index contributed by atoms with van der Waals surface area (Å²) in [5, 5.41) is 14.5. The summed E-state index contributed by atoms with van der Waals surface area (Å²) in [7, 11) is 0. The summed E-state index contributed by atoms with van der Waals surface area (Å²) in [6.07, 6.45) is 2.53. The van der Waals surface area contributed by atoms with Crippen molar-refractivity contribution in [3.8, 4) is 0 Å². The minimum absolute atomic E-state index is 0.104. The van der Waals surface area contributed by atoms with E-state index in [9.17, 15) is 19.5 Å². The van der Waals surface area contributed by atoms with Gasteiger partial charge in [-0.1, -0.05) is 12.8 Å². The largest absolute Gasteiger partial charge is 0.480 e. The molecule has 6 nitrogen and oxygen atoms in total. The highest BCUT2D eigenvalue weighted by Gasteiger charge is 2.30. The van der Waals surface area contributed by atoms with E-state index in [1.165, 1.54) is 11.8 Å². The van der Waals surface area contributed by atoms with Gasteiger partial charge in [0.2, 0.25) is 5.91 Å². The first-order valence-corrected chi connectivity index (χ1v) is 8.12. The van der Waals surface area contributed by atoms with Crippen molar-refractivity contribution in [2.45, 2.75) is 30.2 Å². The number of carboxylic acid groups (broad SMARTS) is 1. The standard InChI is InChI=1S/C15H16N2O4S/c18-13-7-22-12-4-3-9(6-10(12)16-13)14(19)17-11(15(20)21)5-8-1-2-8/h3-4,6,8,11H,1-2,5,7H2,(H,16,18)(H,17,19)(H,20,21). The van der Waals surface area contributed by atoms with Gasteiger partial charge in [-0.3, -0.25) is 9.59 Å². The highest BCUT2D eigenvalue weighted by atomic mass is 32.2. The zero-order valence-electron chi connectivity index (χ0n) is 11.8. The monoisotopic (exact) mass is 320 g/mol. The molecule has 1 saturated carbocycles. The van der Waals surface area contributed by atoms with Crippen molar-refractivity contribution in [1.82, 2.24) is 5.32 Å². The number of thioether (sulfide) groups is 1. The molecule has 2 amide bonds. The van der Waals surface area contributed by atoms with E-state index in [0.29, 0.717) is 29.3 Å². The fourth-order valence-corrected chi connectivity index (χ4v) is 3.16. The van der Waals surface area contributed by atoms with Crippen molar-refractivity contribution in [3.05, 3.63) is 23.8 Å². The maximum atomic E-state index is 12.2. The average molecular weight is 320 g/mol. The van der Waals surface area contributed by atoms with Crippen LogP contribution < -0.4 is 10.6 Å². The number of rotatable bonds is 5. The van der Waals surface area contributed by atoms with E-state index in [2.05, 4.69) is 10.6 Å². The Bertz CT molecular complexity index is 642. The molecule has 22 heavy (non-hydrogen) atoms. The van der Waals surface area contributed by atoms with Crippen molar-refractivity contribution < 1.29 is 19.5 Å². The van der Waals surface area contributed by atoms with Gasteiger partial charge in [-0.05, 0) is 30.5 Å². The second-order valence-electron chi connectivity index (χ2n) is 5.59. The van der Waals surface area contributed by atoms with Gasteiger partial charge in [0.25, 0.3) is 5.91 Å². The minimum atomic E-state index is -1.01. The Hall–Kier alpha value is -2.02. The Morgan fingerprint density at radius 3 is 2.86 bits per heavy atom. The van der Waals surface area contributed by atoms with Crippen molar-refractivity contribution in [1.29, 1.82) is 0 Å². The molecule has 1 aliphatic carbocycles. The van der Waals surface area contributed by atoms with Crippen LogP contribution in [0, 0.1) is 5.92 Å². The van der Waals surface area contributed by atoms with Crippen molar-refractivity contribution >= 4 is 35.2 Å². The highest BCUT2D eigenvalue weighted by molar-refractivity contribution is 8.00. The van der Waals surface area contributed by atoms with Gasteiger partial charge in [0.1, 0.15) is 6.04 Å². The number of amides is 2. The van der Waals surface area contributed by atoms with Crippen molar-refractivity contribution in [2.75, 3.05) is 11.1 Å². The Balaban J connectivity index is 1.72. The van der Waals surface area contributed by atoms with E-state index in [4.69, 9.17) is 0 Å². The first-order chi connectivity index (χ1) is 10.5. The van der Waals surface area contributed by atoms with Crippen molar-refractivity contribution in [2.24, 2.45) is 5.92 Å². The SMILES string of the molecule is O=C1CSc2ccc(C(=O)NC(CC3CC3)C(=O)O)cc2N1. The molecule has 1 aliphatic heterocycles.